The maximum absolute atomic E-state index is 12.5. The Balaban J connectivity index is 1.69. The third-order valence-corrected chi connectivity index (χ3v) is 6.08. The van der Waals surface area contributed by atoms with Crippen LogP contribution in [0.15, 0.2) is 51.2 Å². The summed E-state index contributed by atoms with van der Waals surface area (Å²) in [5.74, 6) is -0.661. The number of nitrogens with zero attached hydrogens (tertiary/aromatic N) is 2. The van der Waals surface area contributed by atoms with Crippen molar-refractivity contribution in [1.29, 1.82) is 0 Å². The number of nitrogens with one attached hydrogen (secondary N) is 3. The molecule has 0 aromatic heterocycles. The lowest BCUT2D eigenvalue weighted by molar-refractivity contribution is -0.385. The van der Waals surface area contributed by atoms with Gasteiger partial charge in [-0.15, -0.1) is 0 Å². The van der Waals surface area contributed by atoms with Crippen molar-refractivity contribution in [3.8, 4) is 17.2 Å². The van der Waals surface area contributed by atoms with Crippen molar-refractivity contribution in [2.45, 2.75) is 19.9 Å². The average molecular weight is 620 g/mol. The normalized spacial score (nSPS) is 14.7. The predicted molar refractivity (Wildman–Crippen MR) is 145 cm³/mol. The van der Waals surface area contributed by atoms with E-state index in [0.29, 0.717) is 21.3 Å². The van der Waals surface area contributed by atoms with Crippen LogP contribution >= 0.6 is 15.9 Å². The van der Waals surface area contributed by atoms with Crippen LogP contribution in [-0.2, 0) is 14.3 Å². The molecular formula is C25H26BrN5O9. The number of hydrogen-bond donors (Lipinski definition) is 3. The van der Waals surface area contributed by atoms with Gasteiger partial charge in [-0.25, -0.2) is 15.0 Å². The van der Waals surface area contributed by atoms with Crippen LogP contribution in [0.25, 0.3) is 0 Å². The third kappa shape index (κ3) is 7.05. The van der Waals surface area contributed by atoms with Crippen molar-refractivity contribution in [2.75, 3.05) is 27.4 Å². The summed E-state index contributed by atoms with van der Waals surface area (Å²) in [4.78, 5) is 47.6. The van der Waals surface area contributed by atoms with Gasteiger partial charge in [0.2, 0.25) is 5.75 Å². The SMILES string of the molecule is CCOC(=O)C1=C(C)NC(=O)N[C@@H]1c1ccc(OCC(=O)N/N=C\c2cc(Br)c(OC)c([N+](=O)[O-])c2)c(OC)c1. The highest BCUT2D eigenvalue weighted by molar-refractivity contribution is 9.10. The molecule has 0 fully saturated rings. The number of nitro groups is 1. The Labute approximate surface area is 237 Å². The minimum Gasteiger partial charge on any atom is -0.493 e. The smallest absolute Gasteiger partial charge is 0.338 e. The van der Waals surface area contributed by atoms with Crippen LogP contribution in [0.3, 0.4) is 0 Å². The molecule has 3 amide bonds. The Morgan fingerprint density at radius 2 is 1.95 bits per heavy atom. The zero-order chi connectivity index (χ0) is 29.4. The monoisotopic (exact) mass is 619 g/mol. The van der Waals surface area contributed by atoms with Crippen LogP contribution in [0, 0.1) is 10.1 Å². The fourth-order valence-corrected chi connectivity index (χ4v) is 4.40. The Kier molecular flexibility index (Phi) is 10.0. The van der Waals surface area contributed by atoms with E-state index in [9.17, 15) is 24.5 Å². The van der Waals surface area contributed by atoms with Crippen LogP contribution in [0.2, 0.25) is 0 Å². The molecular weight excluding hydrogens is 594 g/mol. The molecule has 212 valence electrons. The average Bonchev–Trinajstić information content (AvgIpc) is 2.91. The fourth-order valence-electron chi connectivity index (χ4n) is 3.77. The minimum atomic E-state index is -0.804. The first-order valence-electron chi connectivity index (χ1n) is 11.7. The summed E-state index contributed by atoms with van der Waals surface area (Å²) in [5.41, 5.74) is 3.47. The second-order valence-electron chi connectivity index (χ2n) is 8.09. The molecule has 3 N–H and O–H groups in total. The number of ether oxygens (including phenoxy) is 4. The van der Waals surface area contributed by atoms with Crippen molar-refractivity contribution in [2.24, 2.45) is 5.10 Å². The molecule has 15 heteroatoms. The van der Waals surface area contributed by atoms with E-state index in [1.54, 1.807) is 32.0 Å². The molecule has 0 saturated carbocycles. The quantitative estimate of drug-likeness (QED) is 0.147. The van der Waals surface area contributed by atoms with Crippen LogP contribution in [0.4, 0.5) is 10.5 Å². The van der Waals surface area contributed by atoms with E-state index in [0.717, 1.165) is 0 Å². The van der Waals surface area contributed by atoms with E-state index in [2.05, 4.69) is 37.1 Å². The lowest BCUT2D eigenvalue weighted by Crippen LogP contribution is -2.45. The van der Waals surface area contributed by atoms with Crippen LogP contribution < -0.4 is 30.3 Å². The molecule has 14 nitrogen and oxygen atoms in total. The Morgan fingerprint density at radius 3 is 2.60 bits per heavy atom. The topological polar surface area (TPSA) is 180 Å². The summed E-state index contributed by atoms with van der Waals surface area (Å²) < 4.78 is 21.5. The number of methoxy groups -OCH3 is 2. The first-order valence-corrected chi connectivity index (χ1v) is 12.5. The zero-order valence-corrected chi connectivity index (χ0v) is 23.5. The standard InChI is InChI=1S/C25H26BrN5O9/c1-5-39-24(33)21-13(2)28-25(34)29-22(21)15-6-7-18(19(10-15)37-3)40-12-20(32)30-27-11-14-8-16(26)23(38-4)17(9-14)31(35)36/h6-11,22H,5,12H2,1-4H3,(H,30,32)(H2,28,29,34)/b27-11-/t22-/m1/s1. The van der Waals surface area contributed by atoms with E-state index < -0.39 is 35.5 Å². The molecule has 1 aliphatic heterocycles. The van der Waals surface area contributed by atoms with Gasteiger partial charge in [0.05, 0.1) is 48.1 Å². The van der Waals surface area contributed by atoms with Crippen molar-refractivity contribution in [3.05, 3.63) is 67.3 Å². The molecule has 1 aliphatic rings. The fraction of sp³-hybridized carbons (Fsp3) is 0.280. The molecule has 2 aromatic carbocycles. The summed E-state index contributed by atoms with van der Waals surface area (Å²) in [6.07, 6.45) is 1.23. The van der Waals surface area contributed by atoms with Gasteiger partial charge in [-0.1, -0.05) is 6.07 Å². The summed E-state index contributed by atoms with van der Waals surface area (Å²) >= 11 is 3.21. The second-order valence-corrected chi connectivity index (χ2v) is 8.95. The summed E-state index contributed by atoms with van der Waals surface area (Å²) in [5, 5.41) is 20.3. The molecule has 0 saturated heterocycles. The van der Waals surface area contributed by atoms with Gasteiger partial charge in [0.15, 0.2) is 18.1 Å². The predicted octanol–water partition coefficient (Wildman–Crippen LogP) is 3.09. The number of carbonyl (C=O) groups excluding carboxylic acids is 3. The van der Waals surface area contributed by atoms with Gasteiger partial charge in [-0.2, -0.15) is 5.10 Å². The highest BCUT2D eigenvalue weighted by Gasteiger charge is 2.32. The van der Waals surface area contributed by atoms with E-state index in [-0.39, 0.29) is 35.1 Å². The van der Waals surface area contributed by atoms with Gasteiger partial charge in [-0.3, -0.25) is 14.9 Å². The van der Waals surface area contributed by atoms with Gasteiger partial charge in [0.25, 0.3) is 5.91 Å². The van der Waals surface area contributed by atoms with E-state index >= 15 is 0 Å². The van der Waals surface area contributed by atoms with Crippen LogP contribution in [-0.4, -0.2) is 56.5 Å². The Morgan fingerprint density at radius 1 is 1.20 bits per heavy atom. The number of urea groups is 1. The molecule has 0 radical (unpaired) electrons. The minimum absolute atomic E-state index is 0.0605. The molecule has 0 bridgehead atoms. The van der Waals surface area contributed by atoms with E-state index in [1.807, 2.05) is 0 Å². The number of esters is 1. The van der Waals surface area contributed by atoms with Gasteiger partial charge < -0.3 is 29.6 Å². The van der Waals surface area contributed by atoms with Crippen molar-refractivity contribution >= 4 is 45.7 Å². The van der Waals surface area contributed by atoms with Crippen LogP contribution in [0.1, 0.15) is 31.0 Å². The molecule has 3 rings (SSSR count). The van der Waals surface area contributed by atoms with E-state index in [4.69, 9.17) is 18.9 Å². The second kappa shape index (κ2) is 13.4. The van der Waals surface area contributed by atoms with E-state index in [1.165, 1.54) is 32.6 Å². The number of allylic oxidation sites excluding steroid dienone is 1. The zero-order valence-electron chi connectivity index (χ0n) is 21.9. The first-order chi connectivity index (χ1) is 19.1. The lowest BCUT2D eigenvalue weighted by atomic mass is 9.95. The lowest BCUT2D eigenvalue weighted by Gasteiger charge is -2.28. The van der Waals surface area contributed by atoms with Gasteiger partial charge in [0.1, 0.15) is 0 Å². The highest BCUT2D eigenvalue weighted by Crippen LogP contribution is 2.36. The number of hydrazone groups is 1. The number of amides is 3. The molecule has 1 heterocycles. The summed E-state index contributed by atoms with van der Waals surface area (Å²) in [6.45, 7) is 3.01. The Hall–Kier alpha value is -4.66. The summed E-state index contributed by atoms with van der Waals surface area (Å²) in [7, 11) is 2.71. The molecule has 0 unspecified atom stereocenters. The highest BCUT2D eigenvalue weighted by atomic mass is 79.9. The number of nitro benzene ring substituents is 1. The Bertz CT molecular complexity index is 1390. The van der Waals surface area contributed by atoms with Gasteiger partial charge in [0, 0.05) is 17.3 Å². The van der Waals surface area contributed by atoms with Crippen molar-refractivity contribution in [1.82, 2.24) is 16.1 Å². The van der Waals surface area contributed by atoms with Crippen molar-refractivity contribution < 1.29 is 38.3 Å². The molecule has 0 spiro atoms. The molecule has 40 heavy (non-hydrogen) atoms. The van der Waals surface area contributed by atoms with Gasteiger partial charge in [-0.05, 0) is 53.5 Å². The number of rotatable bonds is 11. The first kappa shape index (κ1) is 29.9. The summed E-state index contributed by atoms with van der Waals surface area (Å²) in [6, 6.07) is 6.22. The largest absolute Gasteiger partial charge is 0.493 e. The number of benzene rings is 2. The third-order valence-electron chi connectivity index (χ3n) is 5.49. The molecule has 1 atom stereocenters. The van der Waals surface area contributed by atoms with Gasteiger partial charge >= 0.3 is 17.7 Å². The maximum atomic E-state index is 12.5. The molecule has 2 aromatic rings. The number of hydrogen-bond acceptors (Lipinski definition) is 10. The van der Waals surface area contributed by atoms with Crippen molar-refractivity contribution in [3.63, 3.8) is 0 Å². The number of halogens is 1. The molecule has 0 aliphatic carbocycles. The number of carbonyl (C=O) groups is 3. The van der Waals surface area contributed by atoms with Crippen LogP contribution in [0.5, 0.6) is 17.2 Å². The maximum Gasteiger partial charge on any atom is 0.338 e.